The Labute approximate surface area is 165 Å². The van der Waals surface area contributed by atoms with Gasteiger partial charge >= 0.3 is 0 Å². The van der Waals surface area contributed by atoms with Gasteiger partial charge in [-0.2, -0.15) is 0 Å². The molecule has 0 N–H and O–H groups in total. The van der Waals surface area contributed by atoms with E-state index >= 15 is 0 Å². The van der Waals surface area contributed by atoms with E-state index in [0.717, 1.165) is 24.4 Å². The van der Waals surface area contributed by atoms with Crippen molar-refractivity contribution in [2.24, 2.45) is 17.8 Å². The van der Waals surface area contributed by atoms with Gasteiger partial charge < -0.3 is 4.74 Å². The molecule has 0 saturated heterocycles. The summed E-state index contributed by atoms with van der Waals surface area (Å²) in [5, 5.41) is 0. The van der Waals surface area contributed by atoms with Crippen LogP contribution in [0.25, 0.3) is 0 Å². The van der Waals surface area contributed by atoms with Gasteiger partial charge in [-0.15, -0.1) is 0 Å². The van der Waals surface area contributed by atoms with Crippen molar-refractivity contribution in [2.45, 2.75) is 136 Å². The van der Waals surface area contributed by atoms with Crippen LogP contribution in [-0.2, 0) is 4.74 Å². The van der Waals surface area contributed by atoms with Crippen LogP contribution in [0, 0.1) is 17.8 Å². The standard InChI is InChI=1S/C25H48O/c1-3-5-7-8-9-10-11-21-26-25-19-17-24(18-20-25)23-15-13-22(14-16-23)12-6-4-2/h22-25H,3-21H2,1-2H3/t22-,23-,24-,25-. The summed E-state index contributed by atoms with van der Waals surface area (Å²) in [6.07, 6.45) is 26.3. The summed E-state index contributed by atoms with van der Waals surface area (Å²) in [5.41, 5.74) is 0. The van der Waals surface area contributed by atoms with E-state index in [1.165, 1.54) is 116 Å². The number of hydrogen-bond donors (Lipinski definition) is 0. The van der Waals surface area contributed by atoms with Crippen molar-refractivity contribution in [3.63, 3.8) is 0 Å². The average molecular weight is 365 g/mol. The van der Waals surface area contributed by atoms with Gasteiger partial charge in [0.15, 0.2) is 0 Å². The first-order valence-corrected chi connectivity index (χ1v) is 12.4. The molecule has 0 aliphatic heterocycles. The molecule has 0 aromatic carbocycles. The van der Waals surface area contributed by atoms with E-state index in [9.17, 15) is 0 Å². The Hall–Kier alpha value is -0.0400. The van der Waals surface area contributed by atoms with E-state index in [-0.39, 0.29) is 0 Å². The third kappa shape index (κ3) is 8.77. The molecule has 0 aromatic heterocycles. The predicted molar refractivity (Wildman–Crippen MR) is 115 cm³/mol. The third-order valence-electron chi connectivity index (χ3n) is 7.34. The topological polar surface area (TPSA) is 9.23 Å². The van der Waals surface area contributed by atoms with Gasteiger partial charge in [0, 0.05) is 6.61 Å². The highest BCUT2D eigenvalue weighted by molar-refractivity contribution is 4.82. The molecule has 0 spiro atoms. The molecular formula is C25H48O. The molecule has 0 unspecified atom stereocenters. The lowest BCUT2D eigenvalue weighted by Gasteiger charge is -2.37. The van der Waals surface area contributed by atoms with Crippen molar-refractivity contribution < 1.29 is 4.74 Å². The molecule has 0 aromatic rings. The van der Waals surface area contributed by atoms with Gasteiger partial charge in [-0.05, 0) is 62.7 Å². The van der Waals surface area contributed by atoms with Crippen LogP contribution < -0.4 is 0 Å². The summed E-state index contributed by atoms with van der Waals surface area (Å²) >= 11 is 0. The van der Waals surface area contributed by atoms with Crippen molar-refractivity contribution in [1.82, 2.24) is 0 Å². The zero-order chi connectivity index (χ0) is 18.5. The summed E-state index contributed by atoms with van der Waals surface area (Å²) in [6, 6.07) is 0. The molecule has 2 aliphatic carbocycles. The molecule has 1 nitrogen and oxygen atoms in total. The number of unbranched alkanes of at least 4 members (excludes halogenated alkanes) is 7. The summed E-state index contributed by atoms with van der Waals surface area (Å²) in [5.74, 6) is 3.14. The highest BCUT2D eigenvalue weighted by Gasteiger charge is 2.30. The van der Waals surface area contributed by atoms with Crippen molar-refractivity contribution >= 4 is 0 Å². The number of rotatable bonds is 13. The molecule has 0 bridgehead atoms. The molecule has 2 rings (SSSR count). The van der Waals surface area contributed by atoms with Crippen LogP contribution in [0.2, 0.25) is 0 Å². The molecule has 2 saturated carbocycles. The lowest BCUT2D eigenvalue weighted by atomic mass is 9.70. The Morgan fingerprint density at radius 1 is 0.577 bits per heavy atom. The van der Waals surface area contributed by atoms with Crippen LogP contribution in [-0.4, -0.2) is 12.7 Å². The maximum absolute atomic E-state index is 6.21. The first kappa shape index (κ1) is 22.3. The van der Waals surface area contributed by atoms with E-state index in [2.05, 4.69) is 13.8 Å². The molecule has 2 aliphatic rings. The van der Waals surface area contributed by atoms with Crippen LogP contribution in [0.3, 0.4) is 0 Å². The molecule has 1 heteroatoms. The molecule has 0 heterocycles. The van der Waals surface area contributed by atoms with E-state index in [0.29, 0.717) is 6.10 Å². The third-order valence-corrected chi connectivity index (χ3v) is 7.34. The smallest absolute Gasteiger partial charge is 0.0575 e. The second-order valence-electron chi connectivity index (χ2n) is 9.45. The van der Waals surface area contributed by atoms with Crippen LogP contribution in [0.15, 0.2) is 0 Å². The van der Waals surface area contributed by atoms with Crippen LogP contribution in [0.1, 0.15) is 129 Å². The monoisotopic (exact) mass is 364 g/mol. The van der Waals surface area contributed by atoms with Gasteiger partial charge in [0.2, 0.25) is 0 Å². The van der Waals surface area contributed by atoms with Gasteiger partial charge in [0.25, 0.3) is 0 Å². The Kier molecular flexibility index (Phi) is 12.0. The average Bonchev–Trinajstić information content (AvgIpc) is 2.69. The zero-order valence-electron chi connectivity index (χ0n) is 18.2. The zero-order valence-corrected chi connectivity index (χ0v) is 18.2. The van der Waals surface area contributed by atoms with Crippen molar-refractivity contribution in [1.29, 1.82) is 0 Å². The van der Waals surface area contributed by atoms with Crippen LogP contribution in [0.5, 0.6) is 0 Å². The molecule has 154 valence electrons. The van der Waals surface area contributed by atoms with Gasteiger partial charge in [0.05, 0.1) is 6.10 Å². The van der Waals surface area contributed by atoms with Crippen LogP contribution >= 0.6 is 0 Å². The van der Waals surface area contributed by atoms with Crippen molar-refractivity contribution in [3.05, 3.63) is 0 Å². The lowest BCUT2D eigenvalue weighted by molar-refractivity contribution is 0.00527. The minimum Gasteiger partial charge on any atom is -0.378 e. The Morgan fingerprint density at radius 3 is 1.73 bits per heavy atom. The fraction of sp³-hybridized carbons (Fsp3) is 1.00. The summed E-state index contributed by atoms with van der Waals surface area (Å²) < 4.78 is 6.21. The SMILES string of the molecule is CCCCCCCCCO[C@H]1CC[C@H]([C@H]2CC[C@H](CCCC)CC2)CC1. The second kappa shape index (κ2) is 14.0. The maximum Gasteiger partial charge on any atom is 0.0575 e. The van der Waals surface area contributed by atoms with E-state index in [1.807, 2.05) is 0 Å². The summed E-state index contributed by atoms with van der Waals surface area (Å²) in [6.45, 7) is 5.65. The highest BCUT2D eigenvalue weighted by atomic mass is 16.5. The second-order valence-corrected chi connectivity index (χ2v) is 9.45. The summed E-state index contributed by atoms with van der Waals surface area (Å²) in [7, 11) is 0. The van der Waals surface area contributed by atoms with E-state index in [4.69, 9.17) is 4.74 Å². The first-order chi connectivity index (χ1) is 12.8. The lowest BCUT2D eigenvalue weighted by Crippen LogP contribution is -2.28. The minimum absolute atomic E-state index is 0.590. The fourth-order valence-electron chi connectivity index (χ4n) is 5.48. The normalized spacial score (nSPS) is 29.8. The maximum atomic E-state index is 6.21. The highest BCUT2D eigenvalue weighted by Crippen LogP contribution is 2.41. The van der Waals surface area contributed by atoms with Gasteiger partial charge in [-0.3, -0.25) is 0 Å². The Morgan fingerprint density at radius 2 is 1.12 bits per heavy atom. The molecule has 0 amide bonds. The Balaban J connectivity index is 1.46. The fourth-order valence-corrected chi connectivity index (χ4v) is 5.48. The van der Waals surface area contributed by atoms with Crippen molar-refractivity contribution in [2.75, 3.05) is 6.61 Å². The van der Waals surface area contributed by atoms with Gasteiger partial charge in [-0.25, -0.2) is 0 Å². The first-order valence-electron chi connectivity index (χ1n) is 12.4. The molecular weight excluding hydrogens is 316 g/mol. The van der Waals surface area contributed by atoms with Crippen molar-refractivity contribution in [3.8, 4) is 0 Å². The van der Waals surface area contributed by atoms with E-state index < -0.39 is 0 Å². The Bertz CT molecular complexity index is 310. The predicted octanol–water partition coefficient (Wildman–Crippen LogP) is 8.31. The number of ether oxygens (including phenoxy) is 1. The molecule has 0 radical (unpaired) electrons. The molecule has 0 atom stereocenters. The largest absolute Gasteiger partial charge is 0.378 e. The summed E-state index contributed by atoms with van der Waals surface area (Å²) in [4.78, 5) is 0. The minimum atomic E-state index is 0.590. The van der Waals surface area contributed by atoms with Gasteiger partial charge in [0.1, 0.15) is 0 Å². The van der Waals surface area contributed by atoms with E-state index in [1.54, 1.807) is 0 Å². The molecule has 2 fully saturated rings. The molecule has 26 heavy (non-hydrogen) atoms. The van der Waals surface area contributed by atoms with Crippen LogP contribution in [0.4, 0.5) is 0 Å². The number of hydrogen-bond acceptors (Lipinski definition) is 1. The quantitative estimate of drug-likeness (QED) is 0.298. The van der Waals surface area contributed by atoms with Gasteiger partial charge in [-0.1, -0.05) is 84.5 Å².